The quantitative estimate of drug-likeness (QED) is 0.874. The highest BCUT2D eigenvalue weighted by molar-refractivity contribution is 6.36. The van der Waals surface area contributed by atoms with Crippen LogP contribution in [0.4, 0.5) is 0 Å². The lowest BCUT2D eigenvalue weighted by atomic mass is 10.1. The Morgan fingerprint density at radius 1 is 1.32 bits per heavy atom. The zero-order chi connectivity index (χ0) is 13.8. The van der Waals surface area contributed by atoms with Crippen molar-refractivity contribution >= 4 is 35.4 Å². The van der Waals surface area contributed by atoms with E-state index >= 15 is 0 Å². The van der Waals surface area contributed by atoms with Crippen molar-refractivity contribution in [1.82, 2.24) is 5.32 Å². The molecule has 1 amide bonds. The molecule has 102 valence electrons. The normalized spacial score (nSPS) is 19.5. The monoisotopic (exact) mass is 301 g/mol. The third-order valence-corrected chi connectivity index (χ3v) is 3.41. The molecule has 1 saturated heterocycles. The minimum atomic E-state index is -0.625. The van der Waals surface area contributed by atoms with Crippen molar-refractivity contribution in [2.24, 2.45) is 0 Å². The number of hydrogen-bond donors (Lipinski definition) is 1. The van der Waals surface area contributed by atoms with Crippen LogP contribution in [-0.2, 0) is 4.79 Å². The molecule has 1 aromatic carbocycles. The van der Waals surface area contributed by atoms with Crippen LogP contribution in [-0.4, -0.2) is 24.8 Å². The maximum Gasteiger partial charge on any atom is 0.261 e. The van der Waals surface area contributed by atoms with Crippen LogP contribution >= 0.6 is 23.2 Å². The van der Waals surface area contributed by atoms with E-state index in [0.29, 0.717) is 24.3 Å². The highest BCUT2D eigenvalue weighted by atomic mass is 35.5. The molecular weight excluding hydrogens is 289 g/mol. The summed E-state index contributed by atoms with van der Waals surface area (Å²) in [6, 6.07) is 2.95. The predicted molar refractivity (Wildman–Crippen MR) is 73.1 cm³/mol. The van der Waals surface area contributed by atoms with Gasteiger partial charge in [0.1, 0.15) is 5.75 Å². The largest absolute Gasteiger partial charge is 0.478 e. The van der Waals surface area contributed by atoms with Gasteiger partial charge < -0.3 is 10.1 Å². The van der Waals surface area contributed by atoms with Gasteiger partial charge in [-0.25, -0.2) is 0 Å². The Hall–Kier alpha value is -1.26. The summed E-state index contributed by atoms with van der Waals surface area (Å²) in [5.74, 6) is 0.0310. The minimum absolute atomic E-state index is 0.180. The van der Waals surface area contributed by atoms with E-state index in [1.54, 1.807) is 0 Å². The number of halogens is 2. The molecule has 1 heterocycles. The second-order valence-electron chi connectivity index (χ2n) is 4.32. The summed E-state index contributed by atoms with van der Waals surface area (Å²) in [4.78, 5) is 22.8. The third kappa shape index (κ3) is 3.39. The SMILES string of the molecule is O=Cc1cc(Cl)cc(Cl)c1OC1CCCCNC1=O. The predicted octanol–water partition coefficient (Wildman–Crippen LogP) is 2.85. The summed E-state index contributed by atoms with van der Waals surface area (Å²) >= 11 is 11.8. The van der Waals surface area contributed by atoms with Gasteiger partial charge in [0.2, 0.25) is 0 Å². The van der Waals surface area contributed by atoms with E-state index in [1.807, 2.05) is 0 Å². The molecule has 0 aliphatic carbocycles. The highest BCUT2D eigenvalue weighted by Gasteiger charge is 2.24. The standard InChI is InChI=1S/C13H13Cl2NO3/c14-9-5-8(7-17)12(10(15)6-9)19-11-3-1-2-4-16-13(11)18/h5-7,11H,1-4H2,(H,16,18). The molecule has 1 unspecified atom stereocenters. The number of amides is 1. The molecule has 0 saturated carbocycles. The Bertz CT molecular complexity index is 505. The summed E-state index contributed by atoms with van der Waals surface area (Å²) < 4.78 is 5.62. The summed E-state index contributed by atoms with van der Waals surface area (Å²) in [7, 11) is 0. The lowest BCUT2D eigenvalue weighted by Crippen LogP contribution is -2.36. The first-order chi connectivity index (χ1) is 9.11. The molecule has 4 nitrogen and oxygen atoms in total. The average molecular weight is 302 g/mol. The van der Waals surface area contributed by atoms with Crippen molar-refractivity contribution in [1.29, 1.82) is 0 Å². The molecule has 0 bridgehead atoms. The smallest absolute Gasteiger partial charge is 0.261 e. The summed E-state index contributed by atoms with van der Waals surface area (Å²) in [6.45, 7) is 0.646. The van der Waals surface area contributed by atoms with Crippen LogP contribution in [0.1, 0.15) is 29.6 Å². The number of hydrogen-bond acceptors (Lipinski definition) is 3. The van der Waals surface area contributed by atoms with Gasteiger partial charge in [-0.15, -0.1) is 0 Å². The number of carbonyl (C=O) groups excluding carboxylic acids is 2. The van der Waals surface area contributed by atoms with E-state index in [2.05, 4.69) is 5.32 Å². The first kappa shape index (κ1) is 14.2. The van der Waals surface area contributed by atoms with Crippen LogP contribution < -0.4 is 10.1 Å². The van der Waals surface area contributed by atoms with Gasteiger partial charge in [-0.2, -0.15) is 0 Å². The number of rotatable bonds is 3. The summed E-state index contributed by atoms with van der Waals surface area (Å²) in [6.07, 6.45) is 2.39. The fourth-order valence-electron chi connectivity index (χ4n) is 1.96. The molecule has 1 aliphatic heterocycles. The number of aldehydes is 1. The van der Waals surface area contributed by atoms with Crippen LogP contribution in [0.15, 0.2) is 12.1 Å². The molecule has 1 aliphatic rings. The maximum atomic E-state index is 11.8. The Kier molecular flexibility index (Phi) is 4.66. The van der Waals surface area contributed by atoms with E-state index in [0.717, 1.165) is 12.8 Å². The second kappa shape index (κ2) is 6.26. The second-order valence-corrected chi connectivity index (χ2v) is 5.16. The van der Waals surface area contributed by atoms with Gasteiger partial charge in [0, 0.05) is 11.6 Å². The molecule has 1 aromatic rings. The van der Waals surface area contributed by atoms with Crippen LogP contribution in [0, 0.1) is 0 Å². The zero-order valence-corrected chi connectivity index (χ0v) is 11.6. The Balaban J connectivity index is 2.26. The molecular formula is C13H13Cl2NO3. The van der Waals surface area contributed by atoms with Crippen molar-refractivity contribution in [2.75, 3.05) is 6.54 Å². The van der Waals surface area contributed by atoms with Crippen molar-refractivity contribution in [3.05, 3.63) is 27.7 Å². The molecule has 1 atom stereocenters. The van der Waals surface area contributed by atoms with Gasteiger partial charge >= 0.3 is 0 Å². The van der Waals surface area contributed by atoms with Gasteiger partial charge in [-0.1, -0.05) is 23.2 Å². The van der Waals surface area contributed by atoms with Crippen molar-refractivity contribution in [3.63, 3.8) is 0 Å². The minimum Gasteiger partial charge on any atom is -0.478 e. The number of benzene rings is 1. The van der Waals surface area contributed by atoms with Crippen molar-refractivity contribution in [2.45, 2.75) is 25.4 Å². The molecule has 6 heteroatoms. The van der Waals surface area contributed by atoms with Crippen LogP contribution in [0.5, 0.6) is 5.75 Å². The Morgan fingerprint density at radius 2 is 2.11 bits per heavy atom. The molecule has 2 rings (SSSR count). The van der Waals surface area contributed by atoms with E-state index in [1.165, 1.54) is 12.1 Å². The molecule has 19 heavy (non-hydrogen) atoms. The van der Waals surface area contributed by atoms with E-state index < -0.39 is 6.10 Å². The lowest BCUT2D eigenvalue weighted by molar-refractivity contribution is -0.127. The van der Waals surface area contributed by atoms with Crippen LogP contribution in [0.3, 0.4) is 0 Å². The average Bonchev–Trinajstić information content (AvgIpc) is 2.57. The summed E-state index contributed by atoms with van der Waals surface area (Å²) in [5.41, 5.74) is 0.245. The van der Waals surface area contributed by atoms with Crippen molar-refractivity contribution < 1.29 is 14.3 Å². The first-order valence-electron chi connectivity index (χ1n) is 6.00. The van der Waals surface area contributed by atoms with E-state index in [9.17, 15) is 9.59 Å². The third-order valence-electron chi connectivity index (χ3n) is 2.91. The fraction of sp³-hybridized carbons (Fsp3) is 0.385. The van der Waals surface area contributed by atoms with Crippen LogP contribution in [0.25, 0.3) is 0 Å². The van der Waals surface area contributed by atoms with Gasteiger partial charge in [0.15, 0.2) is 12.4 Å². The van der Waals surface area contributed by atoms with E-state index in [-0.39, 0.29) is 22.2 Å². The van der Waals surface area contributed by atoms with Crippen molar-refractivity contribution in [3.8, 4) is 5.75 Å². The topological polar surface area (TPSA) is 55.4 Å². The zero-order valence-electron chi connectivity index (χ0n) is 10.1. The molecule has 1 N–H and O–H groups in total. The highest BCUT2D eigenvalue weighted by Crippen LogP contribution is 2.33. The van der Waals surface area contributed by atoms with E-state index in [4.69, 9.17) is 27.9 Å². The number of nitrogens with one attached hydrogen (secondary N) is 1. The van der Waals surface area contributed by atoms with Gasteiger partial charge in [-0.3, -0.25) is 9.59 Å². The molecule has 0 spiro atoms. The lowest BCUT2D eigenvalue weighted by Gasteiger charge is -2.18. The maximum absolute atomic E-state index is 11.8. The van der Waals surface area contributed by atoms with Gasteiger partial charge in [-0.05, 0) is 31.4 Å². The Labute approximate surface area is 121 Å². The molecule has 1 fully saturated rings. The van der Waals surface area contributed by atoms with Crippen LogP contribution in [0.2, 0.25) is 10.0 Å². The summed E-state index contributed by atoms with van der Waals surface area (Å²) in [5, 5.41) is 3.34. The first-order valence-corrected chi connectivity index (χ1v) is 6.76. The molecule has 0 radical (unpaired) electrons. The number of ether oxygens (including phenoxy) is 1. The Morgan fingerprint density at radius 3 is 2.84 bits per heavy atom. The molecule has 0 aromatic heterocycles. The van der Waals surface area contributed by atoms with Gasteiger partial charge in [0.05, 0.1) is 10.6 Å². The fourth-order valence-corrected chi connectivity index (χ4v) is 2.51. The van der Waals surface area contributed by atoms with Gasteiger partial charge in [0.25, 0.3) is 5.91 Å². The number of carbonyl (C=O) groups is 2.